The second-order valence-corrected chi connectivity index (χ2v) is 6.38. The van der Waals surface area contributed by atoms with E-state index in [4.69, 9.17) is 0 Å². The number of rotatable bonds is 7. The third-order valence-electron chi connectivity index (χ3n) is 2.70. The molecule has 20 heavy (non-hydrogen) atoms. The number of hydrogen-bond acceptors (Lipinski definition) is 3. The number of thioether (sulfide) groups is 1. The highest BCUT2D eigenvalue weighted by Crippen LogP contribution is 2.21. The molecule has 0 aliphatic rings. The van der Waals surface area contributed by atoms with Crippen molar-refractivity contribution in [3.63, 3.8) is 0 Å². The summed E-state index contributed by atoms with van der Waals surface area (Å²) in [5, 5.41) is 4.91. The van der Waals surface area contributed by atoms with Gasteiger partial charge in [0, 0.05) is 28.5 Å². The van der Waals surface area contributed by atoms with E-state index in [-0.39, 0.29) is 11.7 Å². The van der Waals surface area contributed by atoms with Crippen LogP contribution >= 0.6 is 23.1 Å². The normalized spacial score (nSPS) is 10.4. The van der Waals surface area contributed by atoms with Gasteiger partial charge in [-0.25, -0.2) is 4.39 Å². The van der Waals surface area contributed by atoms with Gasteiger partial charge in [0.05, 0.1) is 0 Å². The average Bonchev–Trinajstić information content (AvgIpc) is 2.94. The summed E-state index contributed by atoms with van der Waals surface area (Å²) in [6, 6.07) is 10.7. The van der Waals surface area contributed by atoms with E-state index in [2.05, 4.69) is 11.4 Å². The van der Waals surface area contributed by atoms with Crippen molar-refractivity contribution in [2.24, 2.45) is 0 Å². The molecule has 0 saturated carbocycles. The van der Waals surface area contributed by atoms with E-state index in [1.807, 2.05) is 11.4 Å². The Morgan fingerprint density at radius 1 is 1.25 bits per heavy atom. The van der Waals surface area contributed by atoms with Crippen LogP contribution in [0.15, 0.2) is 46.7 Å². The van der Waals surface area contributed by atoms with E-state index in [9.17, 15) is 9.18 Å². The first-order valence-electron chi connectivity index (χ1n) is 6.42. The average molecular weight is 309 g/mol. The molecule has 0 atom stereocenters. The summed E-state index contributed by atoms with van der Waals surface area (Å²) in [7, 11) is 0. The molecule has 0 bridgehead atoms. The zero-order valence-corrected chi connectivity index (χ0v) is 12.6. The first-order valence-corrected chi connectivity index (χ1v) is 8.28. The molecule has 0 aliphatic heterocycles. The quantitative estimate of drug-likeness (QED) is 0.790. The van der Waals surface area contributed by atoms with Crippen molar-refractivity contribution in [1.82, 2.24) is 5.32 Å². The van der Waals surface area contributed by atoms with Gasteiger partial charge in [-0.05, 0) is 30.0 Å². The van der Waals surface area contributed by atoms with Crippen molar-refractivity contribution in [2.75, 3.05) is 12.3 Å². The minimum atomic E-state index is -0.226. The van der Waals surface area contributed by atoms with Crippen LogP contribution in [0.3, 0.4) is 0 Å². The van der Waals surface area contributed by atoms with E-state index < -0.39 is 0 Å². The van der Waals surface area contributed by atoms with Gasteiger partial charge in [-0.15, -0.1) is 23.1 Å². The molecule has 0 saturated heterocycles. The molecule has 0 spiro atoms. The smallest absolute Gasteiger partial charge is 0.220 e. The molecule has 0 radical (unpaired) electrons. The third kappa shape index (κ3) is 4.98. The van der Waals surface area contributed by atoms with Crippen LogP contribution in [0.4, 0.5) is 4.39 Å². The molecule has 2 nitrogen and oxygen atoms in total. The lowest BCUT2D eigenvalue weighted by molar-refractivity contribution is -0.120. The van der Waals surface area contributed by atoms with Gasteiger partial charge in [0.25, 0.3) is 0 Å². The number of thiophene rings is 1. The molecular formula is C15H16FNOS2. The molecule has 5 heteroatoms. The van der Waals surface area contributed by atoms with Gasteiger partial charge < -0.3 is 5.32 Å². The summed E-state index contributed by atoms with van der Waals surface area (Å²) >= 11 is 3.07. The van der Waals surface area contributed by atoms with E-state index in [0.717, 1.165) is 6.42 Å². The Morgan fingerprint density at radius 2 is 2.10 bits per heavy atom. The highest BCUT2D eigenvalue weighted by Gasteiger charge is 2.04. The molecular weight excluding hydrogens is 293 g/mol. The molecule has 0 aliphatic carbocycles. The number of carbonyl (C=O) groups excluding carboxylic acids is 1. The van der Waals surface area contributed by atoms with Crippen molar-refractivity contribution in [1.29, 1.82) is 0 Å². The van der Waals surface area contributed by atoms with Crippen molar-refractivity contribution in [2.45, 2.75) is 17.7 Å². The van der Waals surface area contributed by atoms with E-state index in [0.29, 0.717) is 23.6 Å². The third-order valence-corrected chi connectivity index (χ3v) is 4.68. The molecule has 1 heterocycles. The van der Waals surface area contributed by atoms with E-state index in [1.165, 1.54) is 22.7 Å². The van der Waals surface area contributed by atoms with Gasteiger partial charge in [-0.3, -0.25) is 4.79 Å². The molecule has 1 N–H and O–H groups in total. The highest BCUT2D eigenvalue weighted by atomic mass is 32.2. The molecule has 2 aromatic rings. The molecule has 1 aromatic carbocycles. The lowest BCUT2D eigenvalue weighted by atomic mass is 10.3. The number of halogens is 1. The summed E-state index contributed by atoms with van der Waals surface area (Å²) < 4.78 is 13.4. The van der Waals surface area contributed by atoms with Crippen LogP contribution in [0, 0.1) is 5.82 Å². The fourth-order valence-corrected chi connectivity index (χ4v) is 3.28. The van der Waals surface area contributed by atoms with Gasteiger partial charge in [0.2, 0.25) is 5.91 Å². The Hall–Kier alpha value is -1.33. The number of carbonyl (C=O) groups is 1. The Morgan fingerprint density at radius 3 is 2.85 bits per heavy atom. The maximum absolute atomic E-state index is 13.4. The number of amides is 1. The van der Waals surface area contributed by atoms with Crippen LogP contribution in [-0.4, -0.2) is 18.2 Å². The minimum Gasteiger partial charge on any atom is -0.356 e. The van der Waals surface area contributed by atoms with Crippen LogP contribution < -0.4 is 5.32 Å². The SMILES string of the molecule is O=C(CCSc1ccccc1F)NCCc1cccs1. The summed E-state index contributed by atoms with van der Waals surface area (Å²) in [4.78, 5) is 13.5. The van der Waals surface area contributed by atoms with Crippen LogP contribution in [0.1, 0.15) is 11.3 Å². The Bertz CT molecular complexity index is 543. The molecule has 2 rings (SSSR count). The largest absolute Gasteiger partial charge is 0.356 e. The summed E-state index contributed by atoms with van der Waals surface area (Å²) in [6.07, 6.45) is 1.27. The summed E-state index contributed by atoms with van der Waals surface area (Å²) in [6.45, 7) is 0.656. The van der Waals surface area contributed by atoms with Crippen LogP contribution in [0.25, 0.3) is 0 Å². The Balaban J connectivity index is 1.62. The van der Waals surface area contributed by atoms with Crippen LogP contribution in [0.2, 0.25) is 0 Å². The standard InChI is InChI=1S/C15H16FNOS2/c16-13-5-1-2-6-14(13)20-11-8-15(18)17-9-7-12-4-3-10-19-12/h1-6,10H,7-9,11H2,(H,17,18). The maximum atomic E-state index is 13.4. The summed E-state index contributed by atoms with van der Waals surface area (Å²) in [5.41, 5.74) is 0. The number of hydrogen-bond donors (Lipinski definition) is 1. The molecule has 1 amide bonds. The predicted octanol–water partition coefficient (Wildman–Crippen LogP) is 3.73. The molecule has 1 aromatic heterocycles. The maximum Gasteiger partial charge on any atom is 0.220 e. The second kappa shape index (κ2) is 8.07. The zero-order chi connectivity index (χ0) is 14.2. The van der Waals surface area contributed by atoms with Gasteiger partial charge in [-0.2, -0.15) is 0 Å². The molecule has 0 fully saturated rings. The van der Waals surface area contributed by atoms with Crippen molar-refractivity contribution in [3.8, 4) is 0 Å². The fourth-order valence-electron chi connectivity index (χ4n) is 1.68. The lowest BCUT2D eigenvalue weighted by Crippen LogP contribution is -2.25. The number of benzene rings is 1. The Labute approximate surface area is 126 Å². The fraction of sp³-hybridized carbons (Fsp3) is 0.267. The van der Waals surface area contributed by atoms with E-state index >= 15 is 0 Å². The van der Waals surface area contributed by atoms with Crippen LogP contribution in [0.5, 0.6) is 0 Å². The zero-order valence-electron chi connectivity index (χ0n) is 11.0. The van der Waals surface area contributed by atoms with Crippen molar-refractivity contribution < 1.29 is 9.18 Å². The van der Waals surface area contributed by atoms with Crippen LogP contribution in [-0.2, 0) is 11.2 Å². The monoisotopic (exact) mass is 309 g/mol. The van der Waals surface area contributed by atoms with Gasteiger partial charge in [0.15, 0.2) is 0 Å². The summed E-state index contributed by atoms with van der Waals surface area (Å²) in [5.74, 6) is 0.382. The Kier molecular flexibility index (Phi) is 6.08. The van der Waals surface area contributed by atoms with Gasteiger partial charge in [-0.1, -0.05) is 18.2 Å². The topological polar surface area (TPSA) is 29.1 Å². The second-order valence-electron chi connectivity index (χ2n) is 4.21. The van der Waals surface area contributed by atoms with Gasteiger partial charge in [0.1, 0.15) is 5.82 Å². The highest BCUT2D eigenvalue weighted by molar-refractivity contribution is 7.99. The predicted molar refractivity (Wildman–Crippen MR) is 82.8 cm³/mol. The first kappa shape index (κ1) is 15.1. The lowest BCUT2D eigenvalue weighted by Gasteiger charge is -2.05. The van der Waals surface area contributed by atoms with Crippen molar-refractivity contribution >= 4 is 29.0 Å². The van der Waals surface area contributed by atoms with Crippen molar-refractivity contribution in [3.05, 3.63) is 52.5 Å². The first-order chi connectivity index (χ1) is 9.75. The minimum absolute atomic E-state index is 0.0189. The van der Waals surface area contributed by atoms with Gasteiger partial charge >= 0.3 is 0 Å². The number of nitrogens with one attached hydrogen (secondary N) is 1. The molecule has 106 valence electrons. The van der Waals surface area contributed by atoms with E-state index in [1.54, 1.807) is 29.5 Å². The molecule has 0 unspecified atom stereocenters.